The Morgan fingerprint density at radius 3 is 2.43 bits per heavy atom. The molecule has 13 atom stereocenters. The predicted octanol–water partition coefficient (Wildman–Crippen LogP) is 6.22. The van der Waals surface area contributed by atoms with E-state index in [0.29, 0.717) is 32.4 Å². The molecule has 1 amide bonds. The number of nitrogens with zero attached hydrogens (tertiary/aromatic N) is 5. The van der Waals surface area contributed by atoms with E-state index in [-0.39, 0.29) is 43.9 Å². The summed E-state index contributed by atoms with van der Waals surface area (Å²) in [5.41, 5.74) is -4.52. The number of ether oxygens (including phenoxy) is 5. The van der Waals surface area contributed by atoms with Gasteiger partial charge >= 0.3 is 12.1 Å². The largest absolute Gasteiger partial charge is 0.455 e. The fourth-order valence-electron chi connectivity index (χ4n) is 10.1. The highest BCUT2D eigenvalue weighted by Crippen LogP contribution is 2.44. The lowest BCUT2D eigenvalue weighted by atomic mass is 9.73. The van der Waals surface area contributed by atoms with Crippen LogP contribution < -0.4 is 0 Å². The third-order valence-electron chi connectivity index (χ3n) is 13.8. The van der Waals surface area contributed by atoms with Gasteiger partial charge in [-0.25, -0.2) is 19.0 Å². The number of hydrogen-bond acceptors (Lipinski definition) is 13. The van der Waals surface area contributed by atoms with Crippen molar-refractivity contribution in [1.82, 2.24) is 24.3 Å². The summed E-state index contributed by atoms with van der Waals surface area (Å²) in [7, 11) is 3.38. The van der Waals surface area contributed by atoms with Gasteiger partial charge in [0.25, 0.3) is 5.67 Å². The van der Waals surface area contributed by atoms with Gasteiger partial charge in [-0.05, 0) is 85.9 Å². The lowest BCUT2D eigenvalue weighted by molar-refractivity contribution is -0.287. The van der Waals surface area contributed by atoms with Crippen molar-refractivity contribution in [1.29, 1.82) is 0 Å². The second kappa shape index (κ2) is 20.8. The first-order valence-corrected chi connectivity index (χ1v) is 22.5. The summed E-state index contributed by atoms with van der Waals surface area (Å²) < 4.78 is 50.3. The second-order valence-corrected chi connectivity index (χ2v) is 18.4. The minimum Gasteiger partial charge on any atom is -0.455 e. The van der Waals surface area contributed by atoms with E-state index in [1.165, 1.54) is 18.9 Å². The average Bonchev–Trinajstić information content (AvgIpc) is 3.84. The van der Waals surface area contributed by atoms with E-state index in [2.05, 4.69) is 14.9 Å². The van der Waals surface area contributed by atoms with Gasteiger partial charge in [0.05, 0.1) is 42.5 Å². The number of carbonyl (C=O) groups excluding carboxylic acids is 4. The maximum Gasteiger partial charge on any atom is 0.410 e. The van der Waals surface area contributed by atoms with E-state index in [4.69, 9.17) is 23.7 Å². The van der Waals surface area contributed by atoms with Crippen molar-refractivity contribution in [3.8, 4) is 11.3 Å². The molecule has 1 N–H and O–H groups in total. The molecule has 16 heteroatoms. The van der Waals surface area contributed by atoms with Gasteiger partial charge in [-0.1, -0.05) is 39.8 Å². The number of aromatic nitrogens is 3. The van der Waals surface area contributed by atoms with Crippen molar-refractivity contribution in [3.05, 3.63) is 49.2 Å². The number of esters is 1. The smallest absolute Gasteiger partial charge is 0.410 e. The number of unbranched alkanes of at least 4 members (excludes halogenated alkanes) is 1. The Balaban J connectivity index is 1.47. The van der Waals surface area contributed by atoms with E-state index in [9.17, 15) is 24.3 Å². The number of halogens is 1. The molecule has 5 heterocycles. The van der Waals surface area contributed by atoms with Crippen LogP contribution in [0.1, 0.15) is 94.4 Å². The van der Waals surface area contributed by atoms with Crippen LogP contribution in [0.5, 0.6) is 0 Å². The molecule has 2 unspecified atom stereocenters. The Kier molecular flexibility index (Phi) is 16.5. The molecule has 0 aliphatic carbocycles. The molecule has 3 aliphatic rings. The molecule has 0 spiro atoms. The van der Waals surface area contributed by atoms with Crippen LogP contribution in [-0.4, -0.2) is 140 Å². The first-order chi connectivity index (χ1) is 29.8. The average molecular weight is 884 g/mol. The van der Waals surface area contributed by atoms with Crippen LogP contribution in [0.2, 0.25) is 0 Å². The number of imidazole rings is 1. The quantitative estimate of drug-likeness (QED) is 0.0983. The SMILES string of the molecule is C/C=C\CN(C)[C@H]1C[C@@H](C)O[C@@H](O[C@@H]2[C@@H](C)C(=O)[C@](C)(F)C(=O)O[C@H](CC)[C@@]3(C)OC(=O)N(CCCCn4cnc(-c5cccnc5)c4)C3[C@@H](C)C(=O)[C@H](C)C[C@@]2(C)OC)C1CO. The molecule has 2 aromatic rings. The Morgan fingerprint density at radius 1 is 1.08 bits per heavy atom. The minimum atomic E-state index is -3.18. The number of methoxy groups -OCH3 is 1. The lowest BCUT2D eigenvalue weighted by Gasteiger charge is -2.48. The Morgan fingerprint density at radius 2 is 1.79 bits per heavy atom. The number of hydrogen-bond donors (Lipinski definition) is 1. The van der Waals surface area contributed by atoms with Crippen LogP contribution in [0.4, 0.5) is 9.18 Å². The van der Waals surface area contributed by atoms with Gasteiger partial charge in [0, 0.05) is 80.6 Å². The number of fused-ring (bicyclic) bond motifs is 1. The van der Waals surface area contributed by atoms with Crippen LogP contribution >= 0.6 is 0 Å². The summed E-state index contributed by atoms with van der Waals surface area (Å²) in [5, 5.41) is 10.8. The number of likely N-dealkylation sites (N-methyl/N-ethyl adjacent to an activating group) is 1. The minimum absolute atomic E-state index is 0.0144. The summed E-state index contributed by atoms with van der Waals surface area (Å²) >= 11 is 0. The summed E-state index contributed by atoms with van der Waals surface area (Å²) in [6, 6.07) is 2.67. The zero-order valence-corrected chi connectivity index (χ0v) is 39.0. The van der Waals surface area contributed by atoms with Gasteiger partial charge in [-0.15, -0.1) is 0 Å². The first-order valence-electron chi connectivity index (χ1n) is 22.5. The maximum atomic E-state index is 17.1. The molecule has 2 aromatic heterocycles. The standard InChI is InChI=1S/C47H70FN5O10/c1-12-14-20-51(10)36-23-30(4)60-42(34(36)27-54)62-41-32(6)40(56)46(8,48)43(57)61-37(13-2)47(9)39(31(5)38(55)29(3)24-45(41,7)59-11)53(44(58)63-47)22-16-15-21-52-26-35(50-28-52)33-18-17-19-49-25-33/h12,14,17-19,25-26,28-32,34,36-37,39,41-42,54H,13,15-16,20-24,27H2,1-11H3/b14-12-/t29-,30-,31+,32+,34?,36+,37-,39?,41-,42+,45-,46+,47-/m1/s1. The van der Waals surface area contributed by atoms with E-state index < -0.39 is 82.9 Å². The van der Waals surface area contributed by atoms with Crippen molar-refractivity contribution in [2.24, 2.45) is 23.7 Å². The number of allylic oxidation sites excluding steroid dienone is 1. The van der Waals surface area contributed by atoms with Gasteiger partial charge < -0.3 is 38.3 Å². The molecule has 5 rings (SSSR count). The number of amides is 1. The molecule has 350 valence electrons. The first kappa shape index (κ1) is 49.9. The van der Waals surface area contributed by atoms with Crippen LogP contribution in [0.3, 0.4) is 0 Å². The highest BCUT2D eigenvalue weighted by Gasteiger charge is 2.61. The Bertz CT molecular complexity index is 1910. The molecule has 15 nitrogen and oxygen atoms in total. The van der Waals surface area contributed by atoms with Crippen molar-refractivity contribution < 1.29 is 52.4 Å². The lowest BCUT2D eigenvalue weighted by Crippen LogP contribution is -2.61. The van der Waals surface area contributed by atoms with E-state index >= 15 is 4.39 Å². The van der Waals surface area contributed by atoms with Crippen LogP contribution in [0.25, 0.3) is 11.3 Å². The van der Waals surface area contributed by atoms with Gasteiger partial charge in [0.1, 0.15) is 11.9 Å². The number of cyclic esters (lactones) is 1. The molecular formula is C47H70FN5O10. The molecule has 63 heavy (non-hydrogen) atoms. The molecule has 3 fully saturated rings. The third-order valence-corrected chi connectivity index (χ3v) is 13.8. The van der Waals surface area contributed by atoms with Crippen molar-refractivity contribution in [3.63, 3.8) is 0 Å². The van der Waals surface area contributed by atoms with E-state index in [1.54, 1.807) is 53.3 Å². The third kappa shape index (κ3) is 10.6. The van der Waals surface area contributed by atoms with E-state index in [1.807, 2.05) is 55.9 Å². The van der Waals surface area contributed by atoms with Gasteiger partial charge in [-0.3, -0.25) is 19.5 Å². The molecule has 3 saturated heterocycles. The summed E-state index contributed by atoms with van der Waals surface area (Å²) in [5.74, 6) is -6.30. The highest BCUT2D eigenvalue weighted by atomic mass is 19.1. The van der Waals surface area contributed by atoms with Gasteiger partial charge in [0.2, 0.25) is 0 Å². The normalized spacial score (nSPS) is 36.1. The van der Waals surface area contributed by atoms with Crippen molar-refractivity contribution >= 4 is 23.6 Å². The topological polar surface area (TPSA) is 172 Å². The molecular weight excluding hydrogens is 814 g/mol. The number of aliphatic hydroxyl groups excluding tert-OH is 1. The van der Waals surface area contributed by atoms with Crippen molar-refractivity contribution in [2.45, 2.75) is 155 Å². The maximum absolute atomic E-state index is 17.1. The van der Waals surface area contributed by atoms with Crippen LogP contribution in [-0.2, 0) is 44.6 Å². The van der Waals surface area contributed by atoms with E-state index in [0.717, 1.165) is 18.2 Å². The number of rotatable bonds is 14. The summed E-state index contributed by atoms with van der Waals surface area (Å²) in [6.07, 6.45) is 8.41. The number of alkyl halides is 1. The second-order valence-electron chi connectivity index (χ2n) is 18.4. The number of Topliss-reactive ketones (excluding diaryl/α,β-unsaturated/α-hetero) is 2. The molecule has 0 radical (unpaired) electrons. The summed E-state index contributed by atoms with van der Waals surface area (Å²) in [6.45, 7) is 15.8. The van der Waals surface area contributed by atoms with Gasteiger partial charge in [0.15, 0.2) is 17.7 Å². The number of aryl methyl sites for hydroxylation is 1. The number of pyridine rings is 1. The number of ketones is 2. The summed E-state index contributed by atoms with van der Waals surface area (Å²) in [4.78, 5) is 69.5. The number of aliphatic hydroxyl groups is 1. The predicted molar refractivity (Wildman–Crippen MR) is 233 cm³/mol. The van der Waals surface area contributed by atoms with Crippen LogP contribution in [0, 0.1) is 23.7 Å². The van der Waals surface area contributed by atoms with Crippen LogP contribution in [0.15, 0.2) is 49.2 Å². The van der Waals surface area contributed by atoms with Gasteiger partial charge in [-0.2, -0.15) is 0 Å². The monoisotopic (exact) mass is 884 g/mol. The zero-order valence-electron chi connectivity index (χ0n) is 39.0. The zero-order chi connectivity index (χ0) is 46.4. The number of carbonyl (C=O) groups is 4. The highest BCUT2D eigenvalue weighted by molar-refractivity contribution is 6.08. The molecule has 0 saturated carbocycles. The van der Waals surface area contributed by atoms with Crippen molar-refractivity contribution in [2.75, 3.05) is 33.9 Å². The molecule has 3 aliphatic heterocycles. The Hall–Kier alpha value is -4.09. The molecule has 0 bridgehead atoms. The Labute approximate surface area is 372 Å². The fraction of sp³-hybridized carbons (Fsp3) is 0.702. The molecule has 0 aromatic carbocycles. The fourth-order valence-corrected chi connectivity index (χ4v) is 10.1.